The molecule has 23 heavy (non-hydrogen) atoms. The van der Waals surface area contributed by atoms with E-state index in [9.17, 15) is 22.4 Å². The number of hydrogen-bond acceptors (Lipinski definition) is 4. The number of anilines is 1. The van der Waals surface area contributed by atoms with E-state index in [1.165, 1.54) is 6.92 Å². The molecule has 0 fully saturated rings. The third kappa shape index (κ3) is 5.63. The SMILES string of the molecule is CCCC[C@@H](C)C(=O)NS(=O)(=O)c1ccc(NC(C)=O)c(F)c1. The summed E-state index contributed by atoms with van der Waals surface area (Å²) in [6.07, 6.45) is 2.29. The van der Waals surface area contributed by atoms with Gasteiger partial charge in [0, 0.05) is 12.8 Å². The molecule has 0 saturated carbocycles. The largest absolute Gasteiger partial charge is 0.324 e. The summed E-state index contributed by atoms with van der Waals surface area (Å²) in [7, 11) is -4.15. The van der Waals surface area contributed by atoms with Crippen LogP contribution in [0.25, 0.3) is 0 Å². The predicted octanol–water partition coefficient (Wildman–Crippen LogP) is 2.42. The molecule has 0 unspecified atom stereocenters. The van der Waals surface area contributed by atoms with Gasteiger partial charge in [0.2, 0.25) is 11.8 Å². The minimum atomic E-state index is -4.15. The fraction of sp³-hybridized carbons (Fsp3) is 0.467. The Labute approximate surface area is 135 Å². The molecule has 1 atom stereocenters. The van der Waals surface area contributed by atoms with E-state index in [1.54, 1.807) is 6.92 Å². The molecular formula is C15H21FN2O4S. The molecule has 1 aromatic carbocycles. The van der Waals surface area contributed by atoms with Gasteiger partial charge in [-0.05, 0) is 24.6 Å². The second-order valence-electron chi connectivity index (χ2n) is 5.34. The van der Waals surface area contributed by atoms with Gasteiger partial charge in [-0.3, -0.25) is 9.59 Å². The first-order valence-corrected chi connectivity index (χ1v) is 8.79. The smallest absolute Gasteiger partial charge is 0.264 e. The molecule has 6 nitrogen and oxygen atoms in total. The Morgan fingerprint density at radius 3 is 2.48 bits per heavy atom. The summed E-state index contributed by atoms with van der Waals surface area (Å²) in [5, 5.41) is 2.24. The lowest BCUT2D eigenvalue weighted by atomic mass is 10.0. The number of amides is 2. The van der Waals surface area contributed by atoms with Crippen LogP contribution in [0.5, 0.6) is 0 Å². The van der Waals surface area contributed by atoms with E-state index < -0.39 is 33.6 Å². The van der Waals surface area contributed by atoms with Crippen LogP contribution < -0.4 is 10.0 Å². The van der Waals surface area contributed by atoms with E-state index in [-0.39, 0.29) is 10.6 Å². The number of benzene rings is 1. The van der Waals surface area contributed by atoms with E-state index in [4.69, 9.17) is 0 Å². The molecule has 0 saturated heterocycles. The van der Waals surface area contributed by atoms with Crippen LogP contribution in [0.4, 0.5) is 10.1 Å². The number of halogens is 1. The molecule has 0 aliphatic carbocycles. The highest BCUT2D eigenvalue weighted by Gasteiger charge is 2.22. The first-order valence-electron chi connectivity index (χ1n) is 7.31. The molecule has 0 heterocycles. The average Bonchev–Trinajstić information content (AvgIpc) is 2.45. The number of carbonyl (C=O) groups is 2. The molecule has 2 N–H and O–H groups in total. The van der Waals surface area contributed by atoms with Crippen LogP contribution in [0.2, 0.25) is 0 Å². The van der Waals surface area contributed by atoms with Crippen LogP contribution in [-0.2, 0) is 19.6 Å². The molecule has 1 rings (SSSR count). The van der Waals surface area contributed by atoms with Crippen molar-refractivity contribution in [2.24, 2.45) is 5.92 Å². The van der Waals surface area contributed by atoms with E-state index in [0.29, 0.717) is 6.42 Å². The molecule has 0 spiro atoms. The summed E-state index contributed by atoms with van der Waals surface area (Å²) in [4.78, 5) is 22.4. The van der Waals surface area contributed by atoms with Gasteiger partial charge in [-0.15, -0.1) is 0 Å². The zero-order chi connectivity index (χ0) is 17.6. The van der Waals surface area contributed by atoms with E-state index in [2.05, 4.69) is 5.32 Å². The second-order valence-corrected chi connectivity index (χ2v) is 7.02. The van der Waals surface area contributed by atoms with Crippen molar-refractivity contribution in [1.29, 1.82) is 0 Å². The zero-order valence-electron chi connectivity index (χ0n) is 13.3. The van der Waals surface area contributed by atoms with Crippen LogP contribution >= 0.6 is 0 Å². The molecule has 0 radical (unpaired) electrons. The number of unbranched alkanes of at least 4 members (excludes halogenated alkanes) is 1. The molecule has 0 bridgehead atoms. The van der Waals surface area contributed by atoms with E-state index in [0.717, 1.165) is 31.0 Å². The lowest BCUT2D eigenvalue weighted by molar-refractivity contribution is -0.122. The van der Waals surface area contributed by atoms with Crippen LogP contribution in [0.1, 0.15) is 40.0 Å². The second kappa shape index (κ2) is 8.05. The van der Waals surface area contributed by atoms with Gasteiger partial charge >= 0.3 is 0 Å². The standard InChI is InChI=1S/C15H21FN2O4S/c1-4-5-6-10(2)15(20)18-23(21,22)12-7-8-14(13(16)9-12)17-11(3)19/h7-10H,4-6H2,1-3H3,(H,17,19)(H,18,20)/t10-/m1/s1. The van der Waals surface area contributed by atoms with Crippen LogP contribution in [0.15, 0.2) is 23.1 Å². The maximum Gasteiger partial charge on any atom is 0.264 e. The van der Waals surface area contributed by atoms with Crippen molar-refractivity contribution in [3.63, 3.8) is 0 Å². The fourth-order valence-corrected chi connectivity index (χ4v) is 2.98. The van der Waals surface area contributed by atoms with Gasteiger partial charge in [0.1, 0.15) is 5.82 Å². The maximum absolute atomic E-state index is 13.8. The Morgan fingerprint density at radius 1 is 1.30 bits per heavy atom. The van der Waals surface area contributed by atoms with Gasteiger partial charge in [0.25, 0.3) is 10.0 Å². The highest BCUT2D eigenvalue weighted by Crippen LogP contribution is 2.19. The van der Waals surface area contributed by atoms with Crippen molar-refractivity contribution in [3.8, 4) is 0 Å². The highest BCUT2D eigenvalue weighted by atomic mass is 32.2. The quantitative estimate of drug-likeness (QED) is 0.794. The van der Waals surface area contributed by atoms with Crippen LogP contribution in [0.3, 0.4) is 0 Å². The molecule has 2 amide bonds. The van der Waals surface area contributed by atoms with Gasteiger partial charge in [-0.1, -0.05) is 26.7 Å². The minimum absolute atomic E-state index is 0.126. The highest BCUT2D eigenvalue weighted by molar-refractivity contribution is 7.90. The van der Waals surface area contributed by atoms with Crippen molar-refractivity contribution in [1.82, 2.24) is 4.72 Å². The Kier molecular flexibility index (Phi) is 6.68. The number of sulfonamides is 1. The lowest BCUT2D eigenvalue weighted by Crippen LogP contribution is -2.34. The third-order valence-corrected chi connectivity index (χ3v) is 4.58. The average molecular weight is 344 g/mol. The third-order valence-electron chi connectivity index (χ3n) is 3.23. The van der Waals surface area contributed by atoms with Crippen molar-refractivity contribution in [2.45, 2.75) is 44.9 Å². The Hall–Kier alpha value is -1.96. The van der Waals surface area contributed by atoms with Gasteiger partial charge in [0.05, 0.1) is 10.6 Å². The zero-order valence-corrected chi connectivity index (χ0v) is 14.2. The maximum atomic E-state index is 13.8. The fourth-order valence-electron chi connectivity index (χ4n) is 1.89. The van der Waals surface area contributed by atoms with Gasteiger partial charge < -0.3 is 5.32 Å². The number of hydrogen-bond donors (Lipinski definition) is 2. The lowest BCUT2D eigenvalue weighted by Gasteiger charge is -2.13. The van der Waals surface area contributed by atoms with E-state index in [1.807, 2.05) is 11.6 Å². The van der Waals surface area contributed by atoms with E-state index >= 15 is 0 Å². The van der Waals surface area contributed by atoms with Crippen LogP contribution in [0, 0.1) is 11.7 Å². The molecule has 0 aliphatic heterocycles. The summed E-state index contributed by atoms with van der Waals surface area (Å²) >= 11 is 0. The van der Waals surface area contributed by atoms with Crippen LogP contribution in [-0.4, -0.2) is 20.2 Å². The first-order chi connectivity index (χ1) is 10.7. The number of rotatable bonds is 7. The summed E-state index contributed by atoms with van der Waals surface area (Å²) in [6, 6.07) is 3.02. The predicted molar refractivity (Wildman–Crippen MR) is 84.7 cm³/mol. The molecule has 128 valence electrons. The van der Waals surface area contributed by atoms with Crippen molar-refractivity contribution >= 4 is 27.5 Å². The van der Waals surface area contributed by atoms with Crippen molar-refractivity contribution in [3.05, 3.63) is 24.0 Å². The molecular weight excluding hydrogens is 323 g/mol. The Bertz CT molecular complexity index is 689. The molecule has 0 aromatic heterocycles. The van der Waals surface area contributed by atoms with Gasteiger partial charge in [-0.25, -0.2) is 17.5 Å². The molecule has 8 heteroatoms. The Balaban J connectivity index is 2.90. The van der Waals surface area contributed by atoms with Gasteiger partial charge in [-0.2, -0.15) is 0 Å². The van der Waals surface area contributed by atoms with Gasteiger partial charge in [0.15, 0.2) is 0 Å². The Morgan fingerprint density at radius 2 is 1.96 bits per heavy atom. The first kappa shape index (κ1) is 19.1. The van der Waals surface area contributed by atoms with Crippen molar-refractivity contribution in [2.75, 3.05) is 5.32 Å². The summed E-state index contributed by atoms with van der Waals surface area (Å²) in [5.41, 5.74) is -0.126. The normalized spacial score (nSPS) is 12.5. The number of carbonyl (C=O) groups excluding carboxylic acids is 2. The molecule has 1 aromatic rings. The summed E-state index contributed by atoms with van der Waals surface area (Å²) in [6.45, 7) is 4.82. The minimum Gasteiger partial charge on any atom is -0.324 e. The summed E-state index contributed by atoms with van der Waals surface area (Å²) < 4.78 is 40.0. The number of nitrogens with one attached hydrogen (secondary N) is 2. The monoisotopic (exact) mass is 344 g/mol. The summed E-state index contributed by atoms with van der Waals surface area (Å²) in [5.74, 6) is -2.44. The topological polar surface area (TPSA) is 92.3 Å². The van der Waals surface area contributed by atoms with Crippen molar-refractivity contribution < 1.29 is 22.4 Å². The molecule has 0 aliphatic rings.